The molecule has 4 heteroatoms. The molecule has 1 aliphatic rings. The molecule has 1 N–H and O–H groups in total. The zero-order valence-electron chi connectivity index (χ0n) is 14.0. The first kappa shape index (κ1) is 17.2. The molecule has 0 aromatic heterocycles. The lowest BCUT2D eigenvalue weighted by Crippen LogP contribution is -2.41. The fourth-order valence-corrected chi connectivity index (χ4v) is 3.68. The van der Waals surface area contributed by atoms with Gasteiger partial charge in [0.2, 0.25) is 0 Å². The quantitative estimate of drug-likeness (QED) is 0.749. The fourth-order valence-electron chi connectivity index (χ4n) is 3.21. The van der Waals surface area contributed by atoms with Crippen molar-refractivity contribution in [3.8, 4) is 0 Å². The van der Waals surface area contributed by atoms with Crippen LogP contribution in [0, 0.1) is 12.8 Å². The highest BCUT2D eigenvalue weighted by molar-refractivity contribution is 7.80. The number of aryl methyl sites for hydroxylation is 1. The first-order valence-electron chi connectivity index (χ1n) is 8.48. The minimum atomic E-state index is 0.729. The van der Waals surface area contributed by atoms with Crippen LogP contribution in [0.5, 0.6) is 0 Å². The van der Waals surface area contributed by atoms with E-state index in [1.165, 1.54) is 24.8 Å². The number of hydrogen-bond acceptors (Lipinski definition) is 1. The topological polar surface area (TPSA) is 15.3 Å². The van der Waals surface area contributed by atoms with Crippen molar-refractivity contribution in [2.24, 2.45) is 5.92 Å². The van der Waals surface area contributed by atoms with Gasteiger partial charge in [0, 0.05) is 23.8 Å². The van der Waals surface area contributed by atoms with Gasteiger partial charge in [0.1, 0.15) is 0 Å². The van der Waals surface area contributed by atoms with Crippen molar-refractivity contribution in [1.29, 1.82) is 0 Å². The van der Waals surface area contributed by atoms with Crippen molar-refractivity contribution < 1.29 is 0 Å². The van der Waals surface area contributed by atoms with E-state index in [1.54, 1.807) is 0 Å². The number of rotatable bonds is 3. The minimum absolute atomic E-state index is 0.729. The summed E-state index contributed by atoms with van der Waals surface area (Å²) in [6.07, 6.45) is 3.54. The Hall–Kier alpha value is -1.58. The molecule has 0 radical (unpaired) electrons. The number of hydrogen-bond donors (Lipinski definition) is 1. The molecule has 0 bridgehead atoms. The van der Waals surface area contributed by atoms with Gasteiger partial charge in [0.25, 0.3) is 0 Å². The lowest BCUT2D eigenvalue weighted by molar-refractivity contribution is 0.268. The summed E-state index contributed by atoms with van der Waals surface area (Å²) in [6.45, 7) is 4.10. The normalized spacial score (nSPS) is 15.3. The molecule has 0 unspecified atom stereocenters. The highest BCUT2D eigenvalue weighted by Gasteiger charge is 2.21. The predicted molar refractivity (Wildman–Crippen MR) is 107 cm³/mol. The Morgan fingerprint density at radius 2 is 1.88 bits per heavy atom. The Morgan fingerprint density at radius 3 is 2.58 bits per heavy atom. The summed E-state index contributed by atoms with van der Waals surface area (Å²) in [4.78, 5) is 2.27. The molecular weight excluding hydrogens is 336 g/mol. The van der Waals surface area contributed by atoms with E-state index >= 15 is 0 Å². The molecule has 0 amide bonds. The number of thiocarbonyl (C=S) groups is 1. The summed E-state index contributed by atoms with van der Waals surface area (Å²) in [7, 11) is 0. The van der Waals surface area contributed by atoms with E-state index in [0.29, 0.717) is 0 Å². The van der Waals surface area contributed by atoms with Crippen molar-refractivity contribution in [3.05, 3.63) is 64.7 Å². The summed E-state index contributed by atoms with van der Waals surface area (Å²) in [5.74, 6) is 0.749. The Bertz CT molecular complexity index is 694. The fraction of sp³-hybridized carbons (Fsp3) is 0.350. The molecule has 1 heterocycles. The molecule has 2 aromatic carbocycles. The maximum absolute atomic E-state index is 6.09. The Balaban J connectivity index is 1.52. The number of nitrogens with one attached hydrogen (secondary N) is 1. The standard InChI is InChI=1S/C20H23ClN2S/c1-15-7-8-18(21)14-19(15)22-20(24)23-11-9-17(10-12-23)13-16-5-3-2-4-6-16/h2-8,14,17H,9-13H2,1H3,(H,22,24). The largest absolute Gasteiger partial charge is 0.349 e. The summed E-state index contributed by atoms with van der Waals surface area (Å²) in [6, 6.07) is 16.6. The lowest BCUT2D eigenvalue weighted by atomic mass is 9.90. The van der Waals surface area contributed by atoms with Crippen LogP contribution in [0.2, 0.25) is 5.02 Å². The predicted octanol–water partition coefficient (Wildman–Crippen LogP) is 5.30. The maximum atomic E-state index is 6.09. The van der Waals surface area contributed by atoms with Crippen molar-refractivity contribution >= 4 is 34.6 Å². The van der Waals surface area contributed by atoms with Gasteiger partial charge in [-0.25, -0.2) is 0 Å². The third kappa shape index (κ3) is 4.49. The summed E-state index contributed by atoms with van der Waals surface area (Å²) >= 11 is 11.7. The third-order valence-electron chi connectivity index (χ3n) is 4.71. The number of likely N-dealkylation sites (tertiary alicyclic amines) is 1. The first-order valence-corrected chi connectivity index (χ1v) is 9.26. The van der Waals surface area contributed by atoms with Crippen LogP contribution in [0.1, 0.15) is 24.0 Å². The van der Waals surface area contributed by atoms with E-state index in [4.69, 9.17) is 23.8 Å². The van der Waals surface area contributed by atoms with Crippen LogP contribution in [0.25, 0.3) is 0 Å². The van der Waals surface area contributed by atoms with Gasteiger partial charge >= 0.3 is 0 Å². The van der Waals surface area contributed by atoms with Crippen LogP contribution in [0.15, 0.2) is 48.5 Å². The van der Waals surface area contributed by atoms with Crippen LogP contribution in [0.4, 0.5) is 5.69 Å². The smallest absolute Gasteiger partial charge is 0.173 e. The molecule has 1 aliphatic heterocycles. The van der Waals surface area contributed by atoms with Gasteiger partial charge in [-0.1, -0.05) is 48.0 Å². The molecule has 126 valence electrons. The molecule has 2 aromatic rings. The van der Waals surface area contributed by atoms with Crippen LogP contribution < -0.4 is 5.32 Å². The van der Waals surface area contributed by atoms with Gasteiger partial charge in [-0.05, 0) is 67.6 Å². The van der Waals surface area contributed by atoms with Gasteiger partial charge in [-0.2, -0.15) is 0 Å². The number of benzene rings is 2. The van der Waals surface area contributed by atoms with Gasteiger partial charge in [0.15, 0.2) is 5.11 Å². The van der Waals surface area contributed by atoms with Gasteiger partial charge in [-0.15, -0.1) is 0 Å². The molecule has 1 fully saturated rings. The van der Waals surface area contributed by atoms with Gasteiger partial charge < -0.3 is 10.2 Å². The number of nitrogens with zero attached hydrogens (tertiary/aromatic N) is 1. The van der Waals surface area contributed by atoms with E-state index in [1.807, 2.05) is 18.2 Å². The third-order valence-corrected chi connectivity index (χ3v) is 5.31. The molecule has 0 saturated carbocycles. The Labute approximate surface area is 154 Å². The second-order valence-electron chi connectivity index (χ2n) is 6.51. The second-order valence-corrected chi connectivity index (χ2v) is 7.33. The molecule has 3 rings (SSSR count). The van der Waals surface area contributed by atoms with E-state index in [0.717, 1.165) is 40.4 Å². The van der Waals surface area contributed by atoms with Crippen LogP contribution in [0.3, 0.4) is 0 Å². The van der Waals surface area contributed by atoms with E-state index in [2.05, 4.69) is 47.5 Å². The summed E-state index contributed by atoms with van der Waals surface area (Å²) in [5, 5.41) is 4.89. The lowest BCUT2D eigenvalue weighted by Gasteiger charge is -2.34. The van der Waals surface area contributed by atoms with Gasteiger partial charge in [-0.3, -0.25) is 0 Å². The summed E-state index contributed by atoms with van der Waals surface area (Å²) in [5.41, 5.74) is 3.59. The molecule has 1 saturated heterocycles. The minimum Gasteiger partial charge on any atom is -0.349 e. The molecule has 24 heavy (non-hydrogen) atoms. The molecular formula is C20H23ClN2S. The van der Waals surface area contributed by atoms with Crippen LogP contribution >= 0.6 is 23.8 Å². The van der Waals surface area contributed by atoms with Crippen molar-refractivity contribution in [3.63, 3.8) is 0 Å². The molecule has 0 spiro atoms. The molecule has 0 atom stereocenters. The average molecular weight is 359 g/mol. The number of piperidine rings is 1. The van der Waals surface area contributed by atoms with Gasteiger partial charge in [0.05, 0.1) is 0 Å². The van der Waals surface area contributed by atoms with E-state index < -0.39 is 0 Å². The van der Waals surface area contributed by atoms with E-state index in [-0.39, 0.29) is 0 Å². The second kappa shape index (κ2) is 8.00. The monoisotopic (exact) mass is 358 g/mol. The van der Waals surface area contributed by atoms with Crippen LogP contribution in [-0.4, -0.2) is 23.1 Å². The van der Waals surface area contributed by atoms with E-state index in [9.17, 15) is 0 Å². The Kier molecular flexibility index (Phi) is 5.75. The molecule has 0 aliphatic carbocycles. The van der Waals surface area contributed by atoms with Crippen molar-refractivity contribution in [2.45, 2.75) is 26.2 Å². The maximum Gasteiger partial charge on any atom is 0.173 e. The zero-order valence-corrected chi connectivity index (χ0v) is 15.5. The average Bonchev–Trinajstić information content (AvgIpc) is 2.60. The van der Waals surface area contributed by atoms with Crippen molar-refractivity contribution in [1.82, 2.24) is 4.90 Å². The molecule has 2 nitrogen and oxygen atoms in total. The number of halogens is 1. The SMILES string of the molecule is Cc1ccc(Cl)cc1NC(=S)N1CCC(Cc2ccccc2)CC1. The van der Waals surface area contributed by atoms with Crippen LogP contribution in [-0.2, 0) is 6.42 Å². The zero-order chi connectivity index (χ0) is 16.9. The van der Waals surface area contributed by atoms with Crippen molar-refractivity contribution in [2.75, 3.05) is 18.4 Å². The summed E-state index contributed by atoms with van der Waals surface area (Å²) < 4.78 is 0. The Morgan fingerprint density at radius 1 is 1.17 bits per heavy atom. The number of anilines is 1. The highest BCUT2D eigenvalue weighted by Crippen LogP contribution is 2.24. The highest BCUT2D eigenvalue weighted by atomic mass is 35.5. The first-order chi connectivity index (χ1) is 11.6.